The van der Waals surface area contributed by atoms with E-state index in [-0.39, 0.29) is 32.6 Å². The zero-order chi connectivity index (χ0) is 48.8. The highest BCUT2D eigenvalue weighted by Gasteiger charge is 2.32. The van der Waals surface area contributed by atoms with E-state index in [0.29, 0.717) is 35.6 Å². The van der Waals surface area contributed by atoms with Gasteiger partial charge in [-0.2, -0.15) is 0 Å². The molecule has 5 rings (SSSR count). The Morgan fingerprint density at radius 3 is 1.16 bits per heavy atom. The number of anilines is 4. The van der Waals surface area contributed by atoms with Crippen LogP contribution in [-0.2, 0) is 38.4 Å². The van der Waals surface area contributed by atoms with Gasteiger partial charge in [0.05, 0.1) is 13.1 Å². The molecule has 0 aromatic heterocycles. The molecule has 8 amide bonds. The number of carbonyl (C=O) groups is 8. The maximum absolute atomic E-state index is 14.6. The fraction of sp³-hybridized carbons (Fsp3) is 0.347. The van der Waals surface area contributed by atoms with Crippen LogP contribution in [0.2, 0.25) is 0 Å². The first-order valence-electron chi connectivity index (χ1n) is 22.5. The Morgan fingerprint density at radius 1 is 0.441 bits per heavy atom. The molecule has 19 heteroatoms. The SMILES string of the molecule is CCCN1CC(=O)N(c2ccccc2)CC(=O)N(c2ccccc2)CC(=O)NCC(=O)N(CCC)CC(=O)N(c2ccccc2)CC(=O)N(c2ccccc2)CC(=O)N(CCCN=[N+]=[N-])CC1=O. The second-order valence-corrected chi connectivity index (χ2v) is 15.8. The summed E-state index contributed by atoms with van der Waals surface area (Å²) in [5.41, 5.74) is 10.3. The van der Waals surface area contributed by atoms with E-state index >= 15 is 0 Å². The lowest BCUT2D eigenvalue weighted by molar-refractivity contribution is -0.141. The second-order valence-electron chi connectivity index (χ2n) is 15.8. The normalized spacial score (nSPS) is 16.2. The number of para-hydroxylation sites is 4. The molecule has 0 radical (unpaired) electrons. The van der Waals surface area contributed by atoms with Gasteiger partial charge in [0.2, 0.25) is 47.3 Å². The Morgan fingerprint density at radius 2 is 0.765 bits per heavy atom. The van der Waals surface area contributed by atoms with Crippen LogP contribution in [0, 0.1) is 0 Å². The van der Waals surface area contributed by atoms with E-state index in [9.17, 15) is 38.4 Å². The third-order valence-electron chi connectivity index (χ3n) is 10.9. The molecule has 0 bridgehead atoms. The number of azide groups is 1. The van der Waals surface area contributed by atoms with Crippen molar-refractivity contribution in [2.24, 2.45) is 5.11 Å². The van der Waals surface area contributed by atoms with Gasteiger partial charge in [-0.1, -0.05) is 91.8 Å². The average Bonchev–Trinajstić information content (AvgIpc) is 3.36. The van der Waals surface area contributed by atoms with E-state index < -0.39 is 99.6 Å². The summed E-state index contributed by atoms with van der Waals surface area (Å²) in [6.07, 6.45) is 1.04. The largest absolute Gasteiger partial charge is 0.345 e. The van der Waals surface area contributed by atoms with Crippen LogP contribution >= 0.6 is 0 Å². The maximum atomic E-state index is 14.6. The third-order valence-corrected chi connectivity index (χ3v) is 10.9. The number of hydrogen-bond donors (Lipinski definition) is 1. The number of hydrogen-bond acceptors (Lipinski definition) is 9. The molecule has 19 nitrogen and oxygen atoms in total. The van der Waals surface area contributed by atoms with Gasteiger partial charge in [-0.3, -0.25) is 38.4 Å². The standard InChI is InChI=1S/C49H57N11O8/c1-3-27-54-33-46(65)60(41-24-15-8-16-25-41)37-49(68)58(39-20-11-6-12-21-39)35-45(64)56(29-17-26-52-53-50)32-44(63)55(28-4-2)34-47(66)59(40-22-13-7-14-23-40)36-48(67)57(38-18-9-5-10-19-38)31-42(61)51-30-43(54)62/h5-16,18-25H,3-4,17,26-37H2,1-2H3,(H,51,61). The predicted octanol–water partition coefficient (Wildman–Crippen LogP) is 4.26. The van der Waals surface area contributed by atoms with Crippen molar-refractivity contribution in [3.63, 3.8) is 0 Å². The van der Waals surface area contributed by atoms with Crippen LogP contribution in [0.15, 0.2) is 126 Å². The van der Waals surface area contributed by atoms with E-state index in [2.05, 4.69) is 15.3 Å². The minimum atomic E-state index is -0.693. The van der Waals surface area contributed by atoms with Gasteiger partial charge >= 0.3 is 0 Å². The highest BCUT2D eigenvalue weighted by Crippen LogP contribution is 2.21. The average molecular weight is 928 g/mol. The summed E-state index contributed by atoms with van der Waals surface area (Å²) in [6.45, 7) is -0.399. The van der Waals surface area contributed by atoms with Gasteiger partial charge < -0.3 is 39.6 Å². The molecule has 0 atom stereocenters. The number of carbonyl (C=O) groups excluding carboxylic acids is 8. The quantitative estimate of drug-likeness (QED) is 0.0935. The molecule has 0 unspecified atom stereocenters. The molecule has 1 saturated heterocycles. The van der Waals surface area contributed by atoms with E-state index in [1.807, 2.05) is 13.8 Å². The summed E-state index contributed by atoms with van der Waals surface area (Å²) in [6, 6.07) is 33.4. The Hall–Kier alpha value is -8.05. The minimum absolute atomic E-state index is 0.000380. The number of benzene rings is 4. The molecule has 1 fully saturated rings. The molecule has 1 heterocycles. The lowest BCUT2D eigenvalue weighted by Gasteiger charge is -2.32. The molecule has 1 aliphatic heterocycles. The molecule has 4 aromatic rings. The molecule has 1 aliphatic rings. The molecular weight excluding hydrogens is 871 g/mol. The van der Waals surface area contributed by atoms with Crippen LogP contribution in [0.5, 0.6) is 0 Å². The number of amides is 8. The minimum Gasteiger partial charge on any atom is -0.345 e. The number of nitrogens with zero attached hydrogens (tertiary/aromatic N) is 10. The Labute approximate surface area is 395 Å². The van der Waals surface area contributed by atoms with Gasteiger partial charge in [0.25, 0.3) is 0 Å². The van der Waals surface area contributed by atoms with Crippen molar-refractivity contribution >= 4 is 70.0 Å². The van der Waals surface area contributed by atoms with Crippen LogP contribution in [0.25, 0.3) is 10.4 Å². The Kier molecular flexibility index (Phi) is 19.6. The molecule has 68 heavy (non-hydrogen) atoms. The molecule has 1 N–H and O–H groups in total. The van der Waals surface area contributed by atoms with Crippen LogP contribution < -0.4 is 24.9 Å². The monoisotopic (exact) mass is 927 g/mol. The van der Waals surface area contributed by atoms with Gasteiger partial charge in [-0.25, -0.2) is 0 Å². The first-order chi connectivity index (χ1) is 32.9. The molecule has 4 aromatic carbocycles. The molecular formula is C49H57N11O8. The van der Waals surface area contributed by atoms with E-state index in [4.69, 9.17) is 5.53 Å². The van der Waals surface area contributed by atoms with Gasteiger partial charge in [0.15, 0.2) is 0 Å². The Bertz CT molecular complexity index is 2370. The van der Waals surface area contributed by atoms with Gasteiger partial charge in [-0.05, 0) is 73.3 Å². The molecule has 0 aliphatic carbocycles. The highest BCUT2D eigenvalue weighted by molar-refractivity contribution is 6.08. The summed E-state index contributed by atoms with van der Waals surface area (Å²) in [4.78, 5) is 126. The van der Waals surface area contributed by atoms with E-state index in [0.717, 1.165) is 0 Å². The van der Waals surface area contributed by atoms with Crippen molar-refractivity contribution in [2.45, 2.75) is 33.1 Å². The van der Waals surface area contributed by atoms with Crippen molar-refractivity contribution < 1.29 is 38.4 Å². The first kappa shape index (κ1) is 50.9. The van der Waals surface area contributed by atoms with Gasteiger partial charge in [0, 0.05) is 53.8 Å². The van der Waals surface area contributed by atoms with Crippen molar-refractivity contribution in [3.8, 4) is 0 Å². The number of nitrogens with one attached hydrogen (secondary N) is 1. The van der Waals surface area contributed by atoms with Gasteiger partial charge in [0.1, 0.15) is 39.3 Å². The summed E-state index contributed by atoms with van der Waals surface area (Å²) in [5, 5.41) is 6.18. The van der Waals surface area contributed by atoms with Crippen molar-refractivity contribution in [1.29, 1.82) is 0 Å². The summed E-state index contributed by atoms with van der Waals surface area (Å²) in [7, 11) is 0. The zero-order valence-electron chi connectivity index (χ0n) is 38.4. The second kappa shape index (κ2) is 26.2. The fourth-order valence-corrected chi connectivity index (χ4v) is 7.44. The van der Waals surface area contributed by atoms with Crippen molar-refractivity contribution in [2.75, 3.05) is 98.1 Å². The smallest absolute Gasteiger partial charge is 0.247 e. The summed E-state index contributed by atoms with van der Waals surface area (Å²) < 4.78 is 0. The topological polar surface area (TPSA) is 220 Å². The third kappa shape index (κ3) is 14.7. The van der Waals surface area contributed by atoms with Crippen LogP contribution in [0.4, 0.5) is 22.7 Å². The van der Waals surface area contributed by atoms with Crippen LogP contribution in [0.1, 0.15) is 33.1 Å². The van der Waals surface area contributed by atoms with Crippen molar-refractivity contribution in [1.82, 2.24) is 20.0 Å². The molecule has 0 saturated carbocycles. The lowest BCUT2D eigenvalue weighted by Crippen LogP contribution is -2.53. The number of rotatable bonds is 12. The highest BCUT2D eigenvalue weighted by atomic mass is 16.2. The first-order valence-corrected chi connectivity index (χ1v) is 22.5. The summed E-state index contributed by atoms with van der Waals surface area (Å²) >= 11 is 0. The fourth-order valence-electron chi connectivity index (χ4n) is 7.44. The van der Waals surface area contributed by atoms with E-state index in [1.165, 1.54) is 34.3 Å². The van der Waals surface area contributed by atoms with E-state index in [1.54, 1.807) is 121 Å². The van der Waals surface area contributed by atoms with Gasteiger partial charge in [-0.15, -0.1) is 0 Å². The van der Waals surface area contributed by atoms with Crippen LogP contribution in [0.3, 0.4) is 0 Å². The lowest BCUT2D eigenvalue weighted by atomic mass is 10.2. The van der Waals surface area contributed by atoms with Crippen LogP contribution in [-0.4, -0.2) is 140 Å². The molecule has 0 spiro atoms. The maximum Gasteiger partial charge on any atom is 0.247 e. The predicted molar refractivity (Wildman–Crippen MR) is 257 cm³/mol. The van der Waals surface area contributed by atoms with Crippen molar-refractivity contribution in [3.05, 3.63) is 132 Å². The Balaban J connectivity index is 1.59. The molecule has 356 valence electrons. The summed E-state index contributed by atoms with van der Waals surface area (Å²) in [5.74, 6) is -5.08. The zero-order valence-corrected chi connectivity index (χ0v) is 38.4.